The van der Waals surface area contributed by atoms with Crippen molar-refractivity contribution >= 4 is 34.8 Å². The van der Waals surface area contributed by atoms with Crippen LogP contribution in [0, 0.1) is 0 Å². The molecule has 1 saturated heterocycles. The van der Waals surface area contributed by atoms with E-state index in [9.17, 15) is 24.0 Å². The number of amides is 4. The number of aryl methyl sites for hydroxylation is 3. The monoisotopic (exact) mass is 649 g/mol. The van der Waals surface area contributed by atoms with Gasteiger partial charge in [0, 0.05) is 19.9 Å². The van der Waals surface area contributed by atoms with Gasteiger partial charge in [-0.2, -0.15) is 0 Å². The molecule has 1 aliphatic rings. The predicted molar refractivity (Wildman–Crippen MR) is 178 cm³/mol. The van der Waals surface area contributed by atoms with Gasteiger partial charge in [-0.1, -0.05) is 36.4 Å². The van der Waals surface area contributed by atoms with Crippen LogP contribution in [0.2, 0.25) is 0 Å². The van der Waals surface area contributed by atoms with Crippen LogP contribution in [0.5, 0.6) is 0 Å². The lowest BCUT2D eigenvalue weighted by atomic mass is 10.0. The first-order valence-electron chi connectivity index (χ1n) is 16.2. The molecular formula is C35H47N5O7. The Labute approximate surface area is 275 Å². The van der Waals surface area contributed by atoms with Crippen LogP contribution in [0.1, 0.15) is 89.0 Å². The lowest BCUT2D eigenvalue weighted by Crippen LogP contribution is -2.45. The maximum Gasteiger partial charge on any atom is 0.407 e. The Morgan fingerprint density at radius 1 is 1.04 bits per heavy atom. The van der Waals surface area contributed by atoms with Crippen LogP contribution in [0.3, 0.4) is 0 Å². The Morgan fingerprint density at radius 3 is 2.38 bits per heavy atom. The Balaban J connectivity index is 1.30. The highest BCUT2D eigenvalue weighted by Gasteiger charge is 2.31. The highest BCUT2D eigenvalue weighted by atomic mass is 16.6. The second kappa shape index (κ2) is 15.4. The molecule has 0 radical (unpaired) electrons. The number of nitrogens with one attached hydrogen (secondary N) is 2. The SMILES string of the molecule is C[C@@H](OCc1ccc(CCCCc2cccc3c2n(C)c(=O)n3C2CCC(=O)NC2=O)cc1)[C@H](CCC(N)=O)NC(=O)OC(C)(C)C. The van der Waals surface area contributed by atoms with Crippen LogP contribution in [-0.4, -0.2) is 50.7 Å². The average molecular weight is 650 g/mol. The molecule has 254 valence electrons. The van der Waals surface area contributed by atoms with Crippen LogP contribution in [0.15, 0.2) is 47.3 Å². The Bertz CT molecular complexity index is 1650. The third-order valence-corrected chi connectivity index (χ3v) is 8.38. The van der Waals surface area contributed by atoms with E-state index in [1.165, 1.54) is 10.1 Å². The summed E-state index contributed by atoms with van der Waals surface area (Å²) < 4.78 is 14.5. The summed E-state index contributed by atoms with van der Waals surface area (Å²) in [5.41, 5.74) is 9.18. The summed E-state index contributed by atoms with van der Waals surface area (Å²) in [6.07, 6.45) is 3.54. The normalized spacial score (nSPS) is 16.5. The van der Waals surface area contributed by atoms with E-state index < -0.39 is 35.6 Å². The average Bonchev–Trinajstić information content (AvgIpc) is 3.25. The summed E-state index contributed by atoms with van der Waals surface area (Å²) >= 11 is 0. The fourth-order valence-corrected chi connectivity index (χ4v) is 5.92. The van der Waals surface area contributed by atoms with Gasteiger partial charge in [0.1, 0.15) is 11.6 Å². The minimum Gasteiger partial charge on any atom is -0.444 e. The van der Waals surface area contributed by atoms with E-state index in [1.54, 1.807) is 32.4 Å². The Hall–Kier alpha value is -4.45. The number of carbonyl (C=O) groups is 4. The maximum absolute atomic E-state index is 13.2. The van der Waals surface area contributed by atoms with Gasteiger partial charge >= 0.3 is 11.8 Å². The zero-order chi connectivity index (χ0) is 34.3. The van der Waals surface area contributed by atoms with Gasteiger partial charge in [-0.15, -0.1) is 0 Å². The van der Waals surface area contributed by atoms with Crippen molar-refractivity contribution in [2.45, 2.75) is 109 Å². The van der Waals surface area contributed by atoms with Crippen LogP contribution in [-0.2, 0) is 50.4 Å². The van der Waals surface area contributed by atoms with Crippen molar-refractivity contribution in [3.63, 3.8) is 0 Å². The fourth-order valence-electron chi connectivity index (χ4n) is 5.92. The fraction of sp³-hybridized carbons (Fsp3) is 0.514. The first-order valence-corrected chi connectivity index (χ1v) is 16.2. The van der Waals surface area contributed by atoms with Crippen molar-refractivity contribution in [1.82, 2.24) is 19.8 Å². The van der Waals surface area contributed by atoms with Crippen LogP contribution < -0.4 is 22.1 Å². The number of carbonyl (C=O) groups excluding carboxylic acids is 4. The Morgan fingerprint density at radius 2 is 1.72 bits per heavy atom. The van der Waals surface area contributed by atoms with Gasteiger partial charge in [-0.25, -0.2) is 9.59 Å². The second-order valence-corrected chi connectivity index (χ2v) is 13.3. The van der Waals surface area contributed by atoms with Crippen molar-refractivity contribution in [2.24, 2.45) is 12.8 Å². The number of primary amides is 1. The molecule has 3 aromatic rings. The third kappa shape index (κ3) is 9.54. The topological polar surface area (TPSA) is 164 Å². The van der Waals surface area contributed by atoms with E-state index in [-0.39, 0.29) is 30.5 Å². The molecule has 1 aromatic heterocycles. The van der Waals surface area contributed by atoms with Gasteiger partial charge < -0.3 is 20.5 Å². The van der Waals surface area contributed by atoms with E-state index in [0.717, 1.165) is 42.3 Å². The first-order chi connectivity index (χ1) is 22.2. The molecular weight excluding hydrogens is 602 g/mol. The molecule has 1 unspecified atom stereocenters. The van der Waals surface area contributed by atoms with E-state index in [0.29, 0.717) is 25.0 Å². The summed E-state index contributed by atoms with van der Waals surface area (Å²) in [6.45, 7) is 7.53. The number of para-hydroxylation sites is 1. The molecule has 12 nitrogen and oxygen atoms in total. The molecule has 0 saturated carbocycles. The number of rotatable bonds is 14. The zero-order valence-electron chi connectivity index (χ0n) is 28.0. The smallest absolute Gasteiger partial charge is 0.407 e. The molecule has 4 amide bonds. The molecule has 0 aliphatic carbocycles. The van der Waals surface area contributed by atoms with Gasteiger partial charge in [-0.05, 0) is 89.0 Å². The number of alkyl carbamates (subject to hydrolysis) is 1. The number of imide groups is 1. The van der Waals surface area contributed by atoms with Gasteiger partial charge in [0.15, 0.2) is 0 Å². The van der Waals surface area contributed by atoms with Crippen molar-refractivity contribution in [3.05, 3.63) is 69.6 Å². The Kier molecular flexibility index (Phi) is 11.6. The summed E-state index contributed by atoms with van der Waals surface area (Å²) in [5, 5.41) is 5.17. The highest BCUT2D eigenvalue weighted by Crippen LogP contribution is 2.26. The highest BCUT2D eigenvalue weighted by molar-refractivity contribution is 6.00. The number of ether oxygens (including phenoxy) is 2. The minimum atomic E-state index is -0.701. The molecule has 3 atom stereocenters. The van der Waals surface area contributed by atoms with Crippen LogP contribution >= 0.6 is 0 Å². The van der Waals surface area contributed by atoms with Crippen molar-refractivity contribution in [3.8, 4) is 0 Å². The molecule has 2 aromatic carbocycles. The molecule has 4 N–H and O–H groups in total. The van der Waals surface area contributed by atoms with Crippen LogP contribution in [0.4, 0.5) is 4.79 Å². The molecule has 1 aliphatic heterocycles. The van der Waals surface area contributed by atoms with E-state index >= 15 is 0 Å². The summed E-state index contributed by atoms with van der Waals surface area (Å²) in [4.78, 5) is 61.1. The van der Waals surface area contributed by atoms with Gasteiger partial charge in [0.05, 0.1) is 29.8 Å². The van der Waals surface area contributed by atoms with E-state index in [4.69, 9.17) is 15.2 Å². The van der Waals surface area contributed by atoms with Crippen molar-refractivity contribution in [1.29, 1.82) is 0 Å². The zero-order valence-corrected chi connectivity index (χ0v) is 28.0. The van der Waals surface area contributed by atoms with Gasteiger partial charge in [0.2, 0.25) is 17.7 Å². The number of nitrogens with two attached hydrogens (primary N) is 1. The standard InChI is InChI=1S/C35H47N5O7/c1-22(26(17-19-29(36)41)37-33(44)47-35(2,3)4)46-21-24-15-13-23(14-16-24)9-6-7-10-25-11-8-12-27-31(25)39(5)34(45)40(27)28-18-20-30(42)38-32(28)43/h8,11-16,22,26,28H,6-7,9-10,17-21H2,1-5H3,(H2,36,41)(H,37,44)(H,38,42,43)/t22-,26+,28?/m1/s1. The summed E-state index contributed by atoms with van der Waals surface area (Å²) in [5.74, 6) is -1.20. The number of benzene rings is 2. The number of fused-ring (bicyclic) bond motifs is 1. The van der Waals surface area contributed by atoms with Gasteiger partial charge in [-0.3, -0.25) is 28.8 Å². The number of unbranched alkanes of at least 4 members (excludes halogenated alkanes) is 1. The van der Waals surface area contributed by atoms with E-state index in [2.05, 4.69) is 22.8 Å². The lowest BCUT2D eigenvalue weighted by molar-refractivity contribution is -0.135. The summed E-state index contributed by atoms with van der Waals surface area (Å²) in [7, 11) is 1.72. The van der Waals surface area contributed by atoms with Crippen LogP contribution in [0.25, 0.3) is 11.0 Å². The third-order valence-electron chi connectivity index (χ3n) is 8.38. The molecule has 0 bridgehead atoms. The molecule has 1 fully saturated rings. The van der Waals surface area contributed by atoms with Crippen molar-refractivity contribution in [2.75, 3.05) is 0 Å². The second-order valence-electron chi connectivity index (χ2n) is 13.3. The number of nitrogens with zero attached hydrogens (tertiary/aromatic N) is 2. The quantitative estimate of drug-likeness (QED) is 0.176. The number of piperidine rings is 1. The van der Waals surface area contributed by atoms with Crippen molar-refractivity contribution < 1.29 is 28.7 Å². The molecule has 47 heavy (non-hydrogen) atoms. The molecule has 4 rings (SSSR count). The molecule has 12 heteroatoms. The van der Waals surface area contributed by atoms with Gasteiger partial charge in [0.25, 0.3) is 0 Å². The first kappa shape index (κ1) is 35.4. The maximum atomic E-state index is 13.2. The number of hydrogen-bond donors (Lipinski definition) is 3. The minimum absolute atomic E-state index is 0.116. The largest absolute Gasteiger partial charge is 0.444 e. The summed E-state index contributed by atoms with van der Waals surface area (Å²) in [6, 6.07) is 12.9. The number of hydrogen-bond acceptors (Lipinski definition) is 7. The lowest BCUT2D eigenvalue weighted by Gasteiger charge is -2.27. The predicted octanol–water partition coefficient (Wildman–Crippen LogP) is 3.95. The number of imidazole rings is 1. The number of aromatic nitrogens is 2. The molecule has 0 spiro atoms. The van der Waals surface area contributed by atoms with E-state index in [1.807, 2.05) is 37.3 Å². The molecule has 2 heterocycles.